The van der Waals surface area contributed by atoms with Gasteiger partial charge in [0.25, 0.3) is 0 Å². The molecule has 2 aromatic carbocycles. The first-order chi connectivity index (χ1) is 15.4. The van der Waals surface area contributed by atoms with Crippen LogP contribution in [0.15, 0.2) is 54.6 Å². The summed E-state index contributed by atoms with van der Waals surface area (Å²) in [6, 6.07) is 14.9. The zero-order valence-electron chi connectivity index (χ0n) is 18.5. The Balaban J connectivity index is 1.44. The Labute approximate surface area is 186 Å². The molecule has 0 atom stereocenters. The van der Waals surface area contributed by atoms with Crippen molar-refractivity contribution in [3.05, 3.63) is 71.7 Å². The minimum absolute atomic E-state index is 0.130. The van der Waals surface area contributed by atoms with Gasteiger partial charge in [-0.3, -0.25) is 14.4 Å². The number of hydrogen-bond acceptors (Lipinski definition) is 5. The summed E-state index contributed by atoms with van der Waals surface area (Å²) in [5.74, 6) is -0.809. The molecule has 0 bridgehead atoms. The Morgan fingerprint density at radius 2 is 1.81 bits per heavy atom. The Kier molecular flexibility index (Phi) is 7.72. The van der Waals surface area contributed by atoms with E-state index in [9.17, 15) is 14.0 Å². The van der Waals surface area contributed by atoms with E-state index in [0.717, 1.165) is 36.3 Å². The van der Waals surface area contributed by atoms with E-state index in [1.54, 1.807) is 41.1 Å². The first kappa shape index (κ1) is 23.1. The number of esters is 1. The van der Waals surface area contributed by atoms with Crippen LogP contribution in [0, 0.1) is 5.82 Å². The summed E-state index contributed by atoms with van der Waals surface area (Å²) in [6.07, 6.45) is 1.62. The molecule has 0 radical (unpaired) electrons. The number of amides is 1. The second-order valence-corrected chi connectivity index (χ2v) is 7.61. The lowest BCUT2D eigenvalue weighted by molar-refractivity contribution is -0.117. The number of hydrogen-bond donors (Lipinski definition) is 1. The molecule has 1 N–H and O–H groups in total. The molecule has 0 spiro atoms. The molecule has 0 aliphatic carbocycles. The first-order valence-electron chi connectivity index (χ1n) is 10.3. The van der Waals surface area contributed by atoms with E-state index >= 15 is 0 Å². The number of nitrogens with zero attached hydrogens (tertiary/aromatic N) is 3. The van der Waals surface area contributed by atoms with Crippen LogP contribution in [-0.4, -0.2) is 53.8 Å². The average Bonchev–Trinajstić information content (AvgIpc) is 3.14. The van der Waals surface area contributed by atoms with E-state index in [4.69, 9.17) is 0 Å². The standard InChI is InChI=1S/C24H27FN4O3/c1-28(16-23(30)26-20-12-8-18(9-13-20)24(31)32-3)14-4-5-21-15-22(29(2)27-21)17-6-10-19(25)11-7-17/h6-13,15H,4-5,14,16H2,1-3H3,(H,26,30). The molecule has 0 fully saturated rings. The first-order valence-corrected chi connectivity index (χ1v) is 10.3. The van der Waals surface area contributed by atoms with Gasteiger partial charge in [0.1, 0.15) is 5.82 Å². The molecule has 0 aliphatic rings. The average molecular weight is 439 g/mol. The number of benzene rings is 2. The molecular formula is C24H27FN4O3. The van der Waals surface area contributed by atoms with E-state index in [1.807, 2.05) is 25.1 Å². The Bertz CT molecular complexity index is 1060. The zero-order chi connectivity index (χ0) is 23.1. The fourth-order valence-corrected chi connectivity index (χ4v) is 3.40. The Morgan fingerprint density at radius 1 is 1.12 bits per heavy atom. The van der Waals surface area contributed by atoms with Crippen molar-refractivity contribution in [2.24, 2.45) is 7.05 Å². The molecule has 1 heterocycles. The van der Waals surface area contributed by atoms with Crippen LogP contribution in [0.5, 0.6) is 0 Å². The van der Waals surface area contributed by atoms with Crippen LogP contribution in [-0.2, 0) is 23.0 Å². The number of methoxy groups -OCH3 is 1. The molecule has 1 aromatic heterocycles. The van der Waals surface area contributed by atoms with E-state index in [1.165, 1.54) is 19.2 Å². The van der Waals surface area contributed by atoms with Gasteiger partial charge in [0.05, 0.1) is 30.6 Å². The number of carbonyl (C=O) groups excluding carboxylic acids is 2. The van der Waals surface area contributed by atoms with Crippen molar-refractivity contribution in [1.29, 1.82) is 0 Å². The predicted octanol–water partition coefficient (Wildman–Crippen LogP) is 3.52. The van der Waals surface area contributed by atoms with Crippen molar-refractivity contribution in [1.82, 2.24) is 14.7 Å². The number of aryl methyl sites for hydroxylation is 2. The second kappa shape index (κ2) is 10.7. The lowest BCUT2D eigenvalue weighted by atomic mass is 10.1. The third-order valence-corrected chi connectivity index (χ3v) is 5.05. The number of nitrogens with one attached hydrogen (secondary N) is 1. The third kappa shape index (κ3) is 6.24. The maximum Gasteiger partial charge on any atom is 0.337 e. The Hall–Kier alpha value is -3.52. The van der Waals surface area contributed by atoms with Gasteiger partial charge in [-0.1, -0.05) is 0 Å². The molecule has 168 valence electrons. The molecular weight excluding hydrogens is 411 g/mol. The van der Waals surface area contributed by atoms with Crippen LogP contribution in [0.1, 0.15) is 22.5 Å². The molecule has 3 aromatic rings. The van der Waals surface area contributed by atoms with Crippen molar-refractivity contribution >= 4 is 17.6 Å². The molecule has 0 aliphatic heterocycles. The third-order valence-electron chi connectivity index (χ3n) is 5.05. The van der Waals surface area contributed by atoms with E-state index < -0.39 is 5.97 Å². The highest BCUT2D eigenvalue weighted by molar-refractivity contribution is 5.93. The summed E-state index contributed by atoms with van der Waals surface area (Å²) >= 11 is 0. The normalized spacial score (nSPS) is 10.9. The number of anilines is 1. The number of halogens is 1. The molecule has 3 rings (SSSR count). The van der Waals surface area contributed by atoms with Crippen LogP contribution >= 0.6 is 0 Å². The molecule has 32 heavy (non-hydrogen) atoms. The highest BCUT2D eigenvalue weighted by Crippen LogP contribution is 2.20. The maximum absolute atomic E-state index is 13.1. The van der Waals surface area contributed by atoms with Crippen LogP contribution < -0.4 is 5.32 Å². The summed E-state index contributed by atoms with van der Waals surface area (Å²) in [4.78, 5) is 25.7. The van der Waals surface area contributed by atoms with Gasteiger partial charge in [-0.05, 0) is 86.6 Å². The fourth-order valence-electron chi connectivity index (χ4n) is 3.40. The van der Waals surface area contributed by atoms with Crippen LogP contribution in [0.3, 0.4) is 0 Å². The number of aromatic nitrogens is 2. The molecule has 1 amide bonds. The van der Waals surface area contributed by atoms with Crippen molar-refractivity contribution in [3.63, 3.8) is 0 Å². The summed E-state index contributed by atoms with van der Waals surface area (Å²) < 4.78 is 19.6. The molecule has 0 unspecified atom stereocenters. The zero-order valence-corrected chi connectivity index (χ0v) is 18.5. The largest absolute Gasteiger partial charge is 0.465 e. The number of likely N-dealkylation sites (N-methyl/N-ethyl adjacent to an activating group) is 1. The smallest absolute Gasteiger partial charge is 0.337 e. The van der Waals surface area contributed by atoms with E-state index in [2.05, 4.69) is 15.2 Å². The van der Waals surface area contributed by atoms with Gasteiger partial charge < -0.3 is 10.1 Å². The van der Waals surface area contributed by atoms with Gasteiger partial charge in [-0.25, -0.2) is 9.18 Å². The molecule has 0 saturated carbocycles. The van der Waals surface area contributed by atoms with Crippen molar-refractivity contribution in [3.8, 4) is 11.3 Å². The van der Waals surface area contributed by atoms with Crippen molar-refractivity contribution < 1.29 is 18.7 Å². The molecule has 7 nitrogen and oxygen atoms in total. The van der Waals surface area contributed by atoms with Crippen LogP contribution in [0.4, 0.5) is 10.1 Å². The number of rotatable bonds is 9. The monoisotopic (exact) mass is 438 g/mol. The fraction of sp³-hybridized carbons (Fsp3) is 0.292. The maximum atomic E-state index is 13.1. The van der Waals surface area contributed by atoms with Gasteiger partial charge in [-0.15, -0.1) is 0 Å². The predicted molar refractivity (Wildman–Crippen MR) is 121 cm³/mol. The Morgan fingerprint density at radius 3 is 2.47 bits per heavy atom. The highest BCUT2D eigenvalue weighted by Gasteiger charge is 2.11. The summed E-state index contributed by atoms with van der Waals surface area (Å²) in [5, 5.41) is 7.36. The molecule has 8 heteroatoms. The quantitative estimate of drug-likeness (QED) is 0.518. The summed E-state index contributed by atoms with van der Waals surface area (Å²) in [7, 11) is 5.09. The van der Waals surface area contributed by atoms with Crippen LogP contribution in [0.25, 0.3) is 11.3 Å². The van der Waals surface area contributed by atoms with Gasteiger partial charge >= 0.3 is 5.97 Å². The van der Waals surface area contributed by atoms with Gasteiger partial charge in [0.2, 0.25) is 5.91 Å². The molecule has 0 saturated heterocycles. The summed E-state index contributed by atoms with van der Waals surface area (Å²) in [5.41, 5.74) is 3.86. The van der Waals surface area contributed by atoms with Crippen LogP contribution in [0.2, 0.25) is 0 Å². The highest BCUT2D eigenvalue weighted by atomic mass is 19.1. The van der Waals surface area contributed by atoms with E-state index in [0.29, 0.717) is 11.3 Å². The minimum Gasteiger partial charge on any atom is -0.465 e. The van der Waals surface area contributed by atoms with Crippen molar-refractivity contribution in [2.75, 3.05) is 32.6 Å². The SMILES string of the molecule is COC(=O)c1ccc(NC(=O)CN(C)CCCc2cc(-c3ccc(F)cc3)n(C)n2)cc1. The van der Waals surface area contributed by atoms with Gasteiger partial charge in [-0.2, -0.15) is 5.10 Å². The lowest BCUT2D eigenvalue weighted by Gasteiger charge is -2.16. The topological polar surface area (TPSA) is 76.5 Å². The summed E-state index contributed by atoms with van der Waals surface area (Å²) in [6.45, 7) is 0.985. The minimum atomic E-state index is -0.416. The number of carbonyl (C=O) groups is 2. The van der Waals surface area contributed by atoms with Gasteiger partial charge in [0.15, 0.2) is 0 Å². The van der Waals surface area contributed by atoms with Gasteiger partial charge in [0, 0.05) is 12.7 Å². The lowest BCUT2D eigenvalue weighted by Crippen LogP contribution is -2.31. The number of ether oxygens (including phenoxy) is 1. The van der Waals surface area contributed by atoms with Crippen molar-refractivity contribution in [2.45, 2.75) is 12.8 Å². The van der Waals surface area contributed by atoms with E-state index in [-0.39, 0.29) is 18.3 Å². The second-order valence-electron chi connectivity index (χ2n) is 7.61.